The van der Waals surface area contributed by atoms with Crippen molar-refractivity contribution in [2.24, 2.45) is 0 Å². The average Bonchev–Trinajstić information content (AvgIpc) is 2.90. The van der Waals surface area contributed by atoms with Gasteiger partial charge < -0.3 is 0 Å². The minimum absolute atomic E-state index is 0.0430. The first-order chi connectivity index (χ1) is 20.7. The van der Waals surface area contributed by atoms with Crippen LogP contribution in [0.25, 0.3) is 0 Å². The zero-order valence-corrected chi connectivity index (χ0v) is 31.6. The quantitative estimate of drug-likeness (QED) is 0.167. The fourth-order valence-corrected chi connectivity index (χ4v) is 17.5. The molecule has 0 unspecified atom stereocenters. The summed E-state index contributed by atoms with van der Waals surface area (Å²) >= 11 is -3.37. The molecule has 0 bridgehead atoms. The van der Waals surface area contributed by atoms with E-state index in [1.165, 1.54) is 52.5 Å². The van der Waals surface area contributed by atoms with Crippen molar-refractivity contribution in [2.45, 2.75) is 111 Å². The zero-order valence-electron chi connectivity index (χ0n) is 29.5. The normalized spacial score (nSPS) is 16.2. The van der Waals surface area contributed by atoms with Crippen molar-refractivity contribution in [3.63, 3.8) is 0 Å². The van der Waals surface area contributed by atoms with E-state index in [2.05, 4.69) is 154 Å². The average molecular weight is 660 g/mol. The molecular weight excluding hydrogens is 611 g/mol. The fraction of sp³-hybridized carbons (Fsp3) is 0.415. The van der Waals surface area contributed by atoms with Gasteiger partial charge in [0.2, 0.25) is 0 Å². The number of anilines is 3. The number of rotatable bonds is 1. The number of ether oxygens (including phenoxy) is 2. The van der Waals surface area contributed by atoms with Crippen molar-refractivity contribution in [2.75, 3.05) is 4.90 Å². The molecule has 3 heterocycles. The van der Waals surface area contributed by atoms with Crippen LogP contribution in [0, 0.1) is 0 Å². The molecule has 0 saturated carbocycles. The first-order valence-electron chi connectivity index (χ1n) is 16.5. The summed E-state index contributed by atoms with van der Waals surface area (Å²) in [5, 5.41) is 0. The summed E-state index contributed by atoms with van der Waals surface area (Å²) in [6.07, 6.45) is 0. The van der Waals surface area contributed by atoms with Crippen LogP contribution in [0.4, 0.5) is 17.1 Å². The molecule has 4 heteroatoms. The van der Waals surface area contributed by atoms with Gasteiger partial charge in [-0.05, 0) is 0 Å². The van der Waals surface area contributed by atoms with Gasteiger partial charge in [0.25, 0.3) is 0 Å². The molecular formula is C41H49GeNO2. The zero-order chi connectivity index (χ0) is 32.6. The van der Waals surface area contributed by atoms with E-state index in [0.717, 1.165) is 23.0 Å². The fourth-order valence-electron chi connectivity index (χ4n) is 7.67. The van der Waals surface area contributed by atoms with Gasteiger partial charge >= 0.3 is 274 Å². The van der Waals surface area contributed by atoms with Crippen molar-refractivity contribution in [1.29, 1.82) is 0 Å². The summed E-state index contributed by atoms with van der Waals surface area (Å²) in [6.45, 7) is 27.5. The molecule has 0 spiro atoms. The molecule has 4 aromatic carbocycles. The predicted octanol–water partition coefficient (Wildman–Crippen LogP) is 9.97. The first-order valence-corrected chi connectivity index (χ1v) is 21.8. The van der Waals surface area contributed by atoms with Crippen molar-refractivity contribution in [3.8, 4) is 23.0 Å². The Bertz CT molecular complexity index is 1790. The van der Waals surface area contributed by atoms with E-state index in [1.54, 1.807) is 0 Å². The van der Waals surface area contributed by atoms with E-state index in [1.807, 2.05) is 0 Å². The van der Waals surface area contributed by atoms with Gasteiger partial charge in [-0.3, -0.25) is 0 Å². The molecule has 0 radical (unpaired) electrons. The summed E-state index contributed by atoms with van der Waals surface area (Å²) < 4.78 is 18.6. The van der Waals surface area contributed by atoms with Gasteiger partial charge in [-0.15, -0.1) is 0 Å². The maximum absolute atomic E-state index is 7.19. The molecule has 3 aliphatic rings. The summed E-state index contributed by atoms with van der Waals surface area (Å²) in [5.41, 5.74) is 8.69. The van der Waals surface area contributed by atoms with E-state index >= 15 is 0 Å². The topological polar surface area (TPSA) is 21.7 Å². The maximum atomic E-state index is 7.19. The monoisotopic (exact) mass is 661 g/mol. The second-order valence-corrected chi connectivity index (χ2v) is 25.6. The third-order valence-corrected chi connectivity index (χ3v) is 19.6. The number of hydrogen-bond acceptors (Lipinski definition) is 3. The van der Waals surface area contributed by atoms with Crippen LogP contribution in [0.2, 0.25) is 5.76 Å². The molecule has 0 aromatic heterocycles. The van der Waals surface area contributed by atoms with E-state index < -0.39 is 13.3 Å². The molecule has 3 nitrogen and oxygen atoms in total. The molecule has 234 valence electrons. The number of nitrogens with zero attached hydrogens (tertiary/aromatic N) is 1. The van der Waals surface area contributed by atoms with Gasteiger partial charge in [0.15, 0.2) is 0 Å². The Kier molecular flexibility index (Phi) is 6.24. The van der Waals surface area contributed by atoms with Crippen molar-refractivity contribution >= 4 is 43.5 Å². The predicted molar refractivity (Wildman–Crippen MR) is 193 cm³/mol. The number of benzene rings is 4. The van der Waals surface area contributed by atoms with Gasteiger partial charge in [0.1, 0.15) is 0 Å². The molecule has 4 aromatic rings. The third kappa shape index (κ3) is 4.36. The van der Waals surface area contributed by atoms with Crippen LogP contribution in [0.1, 0.15) is 105 Å². The summed E-state index contributed by atoms with van der Waals surface area (Å²) in [7, 11) is 0. The molecule has 3 aliphatic heterocycles. The Balaban J connectivity index is 1.63. The van der Waals surface area contributed by atoms with Crippen LogP contribution in [-0.2, 0) is 21.7 Å². The molecule has 0 atom stereocenters. The van der Waals surface area contributed by atoms with Crippen LogP contribution in [0.5, 0.6) is 23.0 Å². The van der Waals surface area contributed by atoms with Gasteiger partial charge in [0, 0.05) is 0 Å². The Hall–Kier alpha value is -3.18. The van der Waals surface area contributed by atoms with Crippen LogP contribution < -0.4 is 27.6 Å². The van der Waals surface area contributed by atoms with E-state index in [9.17, 15) is 0 Å². The Morgan fingerprint density at radius 2 is 0.911 bits per heavy atom. The Morgan fingerprint density at radius 3 is 1.29 bits per heavy atom. The number of hydrogen-bond donors (Lipinski definition) is 0. The molecule has 45 heavy (non-hydrogen) atoms. The summed E-state index contributed by atoms with van der Waals surface area (Å²) in [5.74, 6) is 6.74. The van der Waals surface area contributed by atoms with Crippen LogP contribution >= 0.6 is 0 Å². The van der Waals surface area contributed by atoms with E-state index in [-0.39, 0.29) is 21.7 Å². The molecule has 0 N–H and O–H groups in total. The van der Waals surface area contributed by atoms with Gasteiger partial charge in [-0.25, -0.2) is 0 Å². The SMILES string of the molecule is CC(C)(C)c1ccc(N2c3ccc(C(C)(C)C)c4[c]3[Ge]3([CH3])[c]5c(cc(C(C)(C)C)cc5Oc5c(C(C)(C)C)ccc2[c]53)O4)cc1. The summed E-state index contributed by atoms with van der Waals surface area (Å²) in [4.78, 5) is 2.49. The second-order valence-electron chi connectivity index (χ2n) is 17.7. The molecule has 0 amide bonds. The van der Waals surface area contributed by atoms with Gasteiger partial charge in [-0.1, -0.05) is 0 Å². The van der Waals surface area contributed by atoms with Crippen molar-refractivity contribution < 1.29 is 9.47 Å². The molecule has 0 fully saturated rings. The van der Waals surface area contributed by atoms with Crippen LogP contribution in [-0.4, -0.2) is 13.3 Å². The Labute approximate surface area is 273 Å². The molecule has 7 rings (SSSR count). The second kappa shape index (κ2) is 9.21. The van der Waals surface area contributed by atoms with E-state index in [4.69, 9.17) is 9.47 Å². The van der Waals surface area contributed by atoms with Crippen molar-refractivity contribution in [1.82, 2.24) is 0 Å². The van der Waals surface area contributed by atoms with Crippen molar-refractivity contribution in [3.05, 3.63) is 82.9 Å². The summed E-state index contributed by atoms with van der Waals surface area (Å²) in [6, 6.07) is 23.2. The van der Waals surface area contributed by atoms with Crippen LogP contribution in [0.3, 0.4) is 0 Å². The van der Waals surface area contributed by atoms with Gasteiger partial charge in [-0.2, -0.15) is 0 Å². The third-order valence-electron chi connectivity index (χ3n) is 10.2. The van der Waals surface area contributed by atoms with E-state index in [0.29, 0.717) is 0 Å². The van der Waals surface area contributed by atoms with Crippen LogP contribution in [0.15, 0.2) is 60.7 Å². The minimum atomic E-state index is -3.37. The first kappa shape index (κ1) is 30.5. The Morgan fingerprint density at radius 1 is 0.489 bits per heavy atom. The van der Waals surface area contributed by atoms with Gasteiger partial charge in [0.05, 0.1) is 0 Å². The molecule has 0 saturated heterocycles. The standard InChI is InChI=1S/C41H49GeNO2/c1-38(2,3)24-14-16-26(17-15-24)43-29-20-18-27(40(7,8)9)36-33(29)42(13)34-30(43)21-19-28(41(10,11)12)37(34)45-32-23-25(39(4,5)6)22-31(44-36)35(32)42/h14-23H,1-13H3. The molecule has 0 aliphatic carbocycles.